The van der Waals surface area contributed by atoms with E-state index >= 15 is 0 Å². The summed E-state index contributed by atoms with van der Waals surface area (Å²) in [5.74, 6) is 7.50. The van der Waals surface area contributed by atoms with Crippen molar-refractivity contribution in [1.82, 2.24) is 14.9 Å². The van der Waals surface area contributed by atoms with Crippen molar-refractivity contribution < 1.29 is 14.3 Å². The fraction of sp³-hybridized carbons (Fsp3) is 0.167. The molecule has 0 aliphatic rings. The second kappa shape index (κ2) is 10.8. The van der Waals surface area contributed by atoms with Crippen LogP contribution in [0, 0.1) is 0 Å². The van der Waals surface area contributed by atoms with Gasteiger partial charge < -0.3 is 20.6 Å². The van der Waals surface area contributed by atoms with E-state index in [-0.39, 0.29) is 17.6 Å². The van der Waals surface area contributed by atoms with Crippen molar-refractivity contribution in [2.75, 3.05) is 36.6 Å². The molecule has 0 unspecified atom stereocenters. The molecule has 0 spiro atoms. The molecule has 35 heavy (non-hydrogen) atoms. The molecule has 0 radical (unpaired) electrons. The van der Waals surface area contributed by atoms with Crippen LogP contribution in [0.15, 0.2) is 70.9 Å². The van der Waals surface area contributed by atoms with Crippen LogP contribution in [-0.4, -0.2) is 46.5 Å². The zero-order chi connectivity index (χ0) is 24.8. The Labute approximate surface area is 206 Å². The summed E-state index contributed by atoms with van der Waals surface area (Å²) < 4.78 is 11.8. The number of amides is 1. The largest absolute Gasteiger partial charge is 0.493 e. The van der Waals surface area contributed by atoms with Gasteiger partial charge in [0.1, 0.15) is 0 Å². The number of carbonyl (C=O) groups is 1. The van der Waals surface area contributed by atoms with Crippen molar-refractivity contribution in [3.8, 4) is 11.5 Å². The Bertz CT molecular complexity index is 1380. The lowest BCUT2D eigenvalue weighted by Crippen LogP contribution is -2.17. The summed E-state index contributed by atoms with van der Waals surface area (Å²) in [6, 6.07) is 19.1. The number of ether oxygens (including phenoxy) is 2. The zero-order valence-corrected chi connectivity index (χ0v) is 20.3. The van der Waals surface area contributed by atoms with Gasteiger partial charge >= 0.3 is 0 Å². The van der Waals surface area contributed by atoms with E-state index in [0.717, 1.165) is 22.0 Å². The first-order valence-electron chi connectivity index (χ1n) is 10.6. The maximum atomic E-state index is 12.5. The lowest BCUT2D eigenvalue weighted by molar-refractivity contribution is -0.113. The van der Waals surface area contributed by atoms with Gasteiger partial charge in [0.2, 0.25) is 11.1 Å². The van der Waals surface area contributed by atoms with Crippen LogP contribution < -0.4 is 26.1 Å². The first-order valence-corrected chi connectivity index (χ1v) is 11.6. The highest BCUT2D eigenvalue weighted by molar-refractivity contribution is 7.99. The van der Waals surface area contributed by atoms with E-state index < -0.39 is 0 Å². The molecule has 0 saturated carbocycles. The Morgan fingerprint density at radius 2 is 1.83 bits per heavy atom. The van der Waals surface area contributed by atoms with Crippen molar-refractivity contribution in [1.29, 1.82) is 0 Å². The van der Waals surface area contributed by atoms with Crippen LogP contribution in [0.5, 0.6) is 11.5 Å². The van der Waals surface area contributed by atoms with Gasteiger partial charge in [0.05, 0.1) is 25.7 Å². The van der Waals surface area contributed by atoms with Crippen LogP contribution in [-0.2, 0) is 4.79 Å². The Morgan fingerprint density at radius 1 is 1.06 bits per heavy atom. The lowest BCUT2D eigenvalue weighted by atomic mass is 10.1. The molecule has 3 aromatic carbocycles. The topological polar surface area (TPSA) is 129 Å². The standard InChI is InChI=1S/C24H25N7O3S/c1-15(17-11-12-20(33-2)21(13-17)34-3)27-28-23-29-30-24(31(23)25)35-14-22(32)26-19-10-6-8-16-7-4-5-9-18(16)19/h4-13H,14,25H2,1-3H3,(H,26,32)(H,28,29)/b27-15+. The van der Waals surface area contributed by atoms with Crippen molar-refractivity contribution in [3.63, 3.8) is 0 Å². The molecule has 1 aromatic heterocycles. The van der Waals surface area contributed by atoms with E-state index in [1.807, 2.05) is 61.5 Å². The Kier molecular flexibility index (Phi) is 7.36. The quantitative estimate of drug-likeness (QED) is 0.140. The van der Waals surface area contributed by atoms with E-state index in [4.69, 9.17) is 15.3 Å². The van der Waals surface area contributed by atoms with Crippen LogP contribution in [0.1, 0.15) is 12.5 Å². The number of rotatable bonds is 9. The maximum Gasteiger partial charge on any atom is 0.264 e. The molecule has 0 saturated heterocycles. The number of nitrogen functional groups attached to an aromatic ring is 1. The predicted molar refractivity (Wildman–Crippen MR) is 139 cm³/mol. The number of aromatic nitrogens is 3. The molecule has 1 heterocycles. The number of nitrogens with two attached hydrogens (primary N) is 1. The number of hydrogen-bond acceptors (Lipinski definition) is 9. The molecule has 4 N–H and O–H groups in total. The Hall–Kier alpha value is -4.25. The first-order chi connectivity index (χ1) is 17.0. The molecule has 4 rings (SSSR count). The Balaban J connectivity index is 1.38. The van der Waals surface area contributed by atoms with E-state index in [2.05, 4.69) is 26.0 Å². The number of hydrogen-bond donors (Lipinski definition) is 3. The third kappa shape index (κ3) is 5.46. The molecule has 11 heteroatoms. The lowest BCUT2D eigenvalue weighted by Gasteiger charge is -2.09. The summed E-state index contributed by atoms with van der Waals surface area (Å²) in [6.07, 6.45) is 0. The SMILES string of the molecule is COc1ccc(/C(C)=N/Nc2nnc(SCC(=O)Nc3cccc4ccccc34)n2N)cc1OC. The van der Waals surface area contributed by atoms with Gasteiger partial charge in [0.25, 0.3) is 5.95 Å². The van der Waals surface area contributed by atoms with E-state index in [9.17, 15) is 4.79 Å². The summed E-state index contributed by atoms with van der Waals surface area (Å²) in [5, 5.41) is 17.7. The molecular weight excluding hydrogens is 466 g/mol. The van der Waals surface area contributed by atoms with Crippen molar-refractivity contribution >= 4 is 45.8 Å². The highest BCUT2D eigenvalue weighted by Gasteiger charge is 2.13. The molecule has 1 amide bonds. The molecular formula is C24H25N7O3S. The van der Waals surface area contributed by atoms with Gasteiger partial charge in [0, 0.05) is 16.6 Å². The molecule has 0 bridgehead atoms. The van der Waals surface area contributed by atoms with E-state index in [1.54, 1.807) is 20.3 Å². The molecule has 10 nitrogen and oxygen atoms in total. The van der Waals surface area contributed by atoms with Crippen LogP contribution >= 0.6 is 11.8 Å². The summed E-state index contributed by atoms with van der Waals surface area (Å²) in [7, 11) is 3.15. The zero-order valence-electron chi connectivity index (χ0n) is 19.5. The van der Waals surface area contributed by atoms with Gasteiger partial charge in [-0.15, -0.1) is 10.2 Å². The summed E-state index contributed by atoms with van der Waals surface area (Å²) in [5.41, 5.74) is 5.08. The van der Waals surface area contributed by atoms with Gasteiger partial charge in [-0.2, -0.15) is 5.10 Å². The Morgan fingerprint density at radius 3 is 2.63 bits per heavy atom. The molecule has 0 fully saturated rings. The summed E-state index contributed by atoms with van der Waals surface area (Å²) >= 11 is 1.17. The fourth-order valence-corrected chi connectivity index (χ4v) is 4.02. The number of hydrazone groups is 1. The van der Waals surface area contributed by atoms with Crippen LogP contribution in [0.3, 0.4) is 0 Å². The smallest absolute Gasteiger partial charge is 0.264 e. The van der Waals surface area contributed by atoms with Gasteiger partial charge in [0.15, 0.2) is 11.5 Å². The van der Waals surface area contributed by atoms with Crippen molar-refractivity contribution in [2.45, 2.75) is 12.1 Å². The highest BCUT2D eigenvalue weighted by Crippen LogP contribution is 2.28. The fourth-order valence-electron chi connectivity index (χ4n) is 3.36. The molecule has 4 aromatic rings. The summed E-state index contributed by atoms with van der Waals surface area (Å²) in [6.45, 7) is 1.83. The number of fused-ring (bicyclic) bond motifs is 1. The number of methoxy groups -OCH3 is 2. The molecule has 180 valence electrons. The maximum absolute atomic E-state index is 12.5. The average Bonchev–Trinajstić information content (AvgIpc) is 3.24. The normalized spacial score (nSPS) is 11.3. The molecule has 0 aliphatic heterocycles. The highest BCUT2D eigenvalue weighted by atomic mass is 32.2. The molecule has 0 aliphatic carbocycles. The van der Waals surface area contributed by atoms with Gasteiger partial charge in [-0.05, 0) is 36.6 Å². The predicted octanol–water partition coefficient (Wildman–Crippen LogP) is 3.73. The second-order valence-electron chi connectivity index (χ2n) is 7.42. The van der Waals surface area contributed by atoms with Crippen molar-refractivity contribution in [2.24, 2.45) is 5.10 Å². The number of benzene rings is 3. The number of nitrogens with zero attached hydrogens (tertiary/aromatic N) is 4. The number of anilines is 2. The van der Waals surface area contributed by atoms with Gasteiger partial charge in [-0.1, -0.05) is 48.2 Å². The minimum Gasteiger partial charge on any atom is -0.493 e. The minimum atomic E-state index is -0.175. The molecule has 0 atom stereocenters. The second-order valence-corrected chi connectivity index (χ2v) is 8.36. The van der Waals surface area contributed by atoms with E-state index in [0.29, 0.717) is 22.4 Å². The van der Waals surface area contributed by atoms with Crippen LogP contribution in [0.4, 0.5) is 11.6 Å². The third-order valence-electron chi connectivity index (χ3n) is 5.19. The van der Waals surface area contributed by atoms with Crippen LogP contribution in [0.2, 0.25) is 0 Å². The number of carbonyl (C=O) groups excluding carboxylic acids is 1. The number of thioether (sulfide) groups is 1. The van der Waals surface area contributed by atoms with Crippen LogP contribution in [0.25, 0.3) is 10.8 Å². The van der Waals surface area contributed by atoms with Gasteiger partial charge in [-0.25, -0.2) is 10.1 Å². The number of nitrogens with one attached hydrogen (secondary N) is 2. The average molecular weight is 492 g/mol. The van der Waals surface area contributed by atoms with E-state index in [1.165, 1.54) is 16.4 Å². The first kappa shape index (κ1) is 23.9. The minimum absolute atomic E-state index is 0.118. The van der Waals surface area contributed by atoms with Crippen molar-refractivity contribution in [3.05, 3.63) is 66.2 Å². The van der Waals surface area contributed by atoms with Gasteiger partial charge in [-0.3, -0.25) is 4.79 Å². The monoisotopic (exact) mass is 491 g/mol. The third-order valence-corrected chi connectivity index (χ3v) is 6.13. The summed E-state index contributed by atoms with van der Waals surface area (Å²) in [4.78, 5) is 12.5.